The normalized spacial score (nSPS) is 11.4. The third kappa shape index (κ3) is 4.01. The molecule has 3 aromatic rings. The Kier molecular flexibility index (Phi) is 4.78. The number of hydrazine groups is 1. The van der Waals surface area contributed by atoms with Crippen molar-refractivity contribution in [3.63, 3.8) is 0 Å². The lowest BCUT2D eigenvalue weighted by Crippen LogP contribution is -2.42. The number of hydrogen-bond donors (Lipinski definition) is 2. The van der Waals surface area contributed by atoms with Crippen molar-refractivity contribution in [1.29, 1.82) is 0 Å². The fourth-order valence-corrected chi connectivity index (χ4v) is 3.32. The first-order chi connectivity index (χ1) is 12.0. The molecular weight excluding hydrogens is 343 g/mol. The topological polar surface area (TPSA) is 75.3 Å². The van der Waals surface area contributed by atoms with Crippen molar-refractivity contribution >= 4 is 26.7 Å². The van der Waals surface area contributed by atoms with Gasteiger partial charge in [-0.05, 0) is 40.6 Å². The molecule has 0 heterocycles. The molecule has 0 spiro atoms. The second kappa shape index (κ2) is 7.00. The van der Waals surface area contributed by atoms with Crippen molar-refractivity contribution < 1.29 is 17.6 Å². The zero-order valence-corrected chi connectivity index (χ0v) is 13.9. The lowest BCUT2D eigenvalue weighted by Gasteiger charge is -2.10. The molecule has 128 valence electrons. The molecule has 0 fully saturated rings. The summed E-state index contributed by atoms with van der Waals surface area (Å²) in [7, 11) is -3.96. The Hall–Kier alpha value is -2.77. The average Bonchev–Trinajstić information content (AvgIpc) is 2.61. The number of amides is 1. The van der Waals surface area contributed by atoms with Crippen LogP contribution >= 0.6 is 0 Å². The molecule has 3 aromatic carbocycles. The summed E-state index contributed by atoms with van der Waals surface area (Å²) in [6, 6.07) is 17.5. The summed E-state index contributed by atoms with van der Waals surface area (Å²) in [4.78, 5) is 14.0. The largest absolute Gasteiger partial charge is 0.277 e. The number of rotatable bonds is 5. The molecule has 0 radical (unpaired) electrons. The number of fused-ring (bicyclic) bond motifs is 1. The van der Waals surface area contributed by atoms with Gasteiger partial charge in [-0.1, -0.05) is 42.5 Å². The highest BCUT2D eigenvalue weighted by molar-refractivity contribution is 7.89. The Labute approximate surface area is 144 Å². The van der Waals surface area contributed by atoms with Gasteiger partial charge in [0.2, 0.25) is 5.91 Å². The predicted octanol–water partition coefficient (Wildman–Crippen LogP) is 2.53. The molecular formula is C18H15FN2O3S. The zero-order chi connectivity index (χ0) is 17.9. The average molecular weight is 358 g/mol. The van der Waals surface area contributed by atoms with E-state index in [4.69, 9.17) is 0 Å². The first-order valence-electron chi connectivity index (χ1n) is 7.48. The van der Waals surface area contributed by atoms with Gasteiger partial charge in [0.05, 0.1) is 11.3 Å². The second-order valence-electron chi connectivity index (χ2n) is 5.42. The summed E-state index contributed by atoms with van der Waals surface area (Å²) in [6.07, 6.45) is 0.0211. The Bertz CT molecular complexity index is 1010. The summed E-state index contributed by atoms with van der Waals surface area (Å²) < 4.78 is 37.0. The Morgan fingerprint density at radius 3 is 2.36 bits per heavy atom. The zero-order valence-electron chi connectivity index (χ0n) is 13.1. The molecule has 1 amide bonds. The van der Waals surface area contributed by atoms with Crippen LogP contribution in [0.5, 0.6) is 0 Å². The third-order valence-corrected chi connectivity index (χ3v) is 4.94. The monoisotopic (exact) mass is 358 g/mol. The molecule has 0 unspecified atom stereocenters. The van der Waals surface area contributed by atoms with Gasteiger partial charge >= 0.3 is 0 Å². The van der Waals surface area contributed by atoms with E-state index in [0.717, 1.165) is 40.6 Å². The van der Waals surface area contributed by atoms with Crippen molar-refractivity contribution in [2.24, 2.45) is 0 Å². The maximum Gasteiger partial charge on any atom is 0.257 e. The van der Waals surface area contributed by atoms with Crippen LogP contribution in [0.4, 0.5) is 4.39 Å². The summed E-state index contributed by atoms with van der Waals surface area (Å²) in [5.74, 6) is -1.04. The minimum absolute atomic E-state index is 0.0211. The van der Waals surface area contributed by atoms with Gasteiger partial charge < -0.3 is 0 Å². The van der Waals surface area contributed by atoms with Crippen molar-refractivity contribution in [1.82, 2.24) is 10.3 Å². The molecule has 0 saturated carbocycles. The van der Waals surface area contributed by atoms with Gasteiger partial charge in [0.25, 0.3) is 10.0 Å². The van der Waals surface area contributed by atoms with Gasteiger partial charge in [0.15, 0.2) is 0 Å². The Morgan fingerprint density at radius 2 is 1.60 bits per heavy atom. The first kappa shape index (κ1) is 17.1. The van der Waals surface area contributed by atoms with Crippen molar-refractivity contribution in [3.05, 3.63) is 78.1 Å². The molecule has 0 atom stereocenters. The highest BCUT2D eigenvalue weighted by atomic mass is 32.2. The van der Waals surface area contributed by atoms with E-state index in [0.29, 0.717) is 0 Å². The molecule has 0 aliphatic carbocycles. The van der Waals surface area contributed by atoms with E-state index in [1.165, 1.54) is 0 Å². The molecule has 2 N–H and O–H groups in total. The van der Waals surface area contributed by atoms with Gasteiger partial charge in [-0.3, -0.25) is 10.2 Å². The van der Waals surface area contributed by atoms with Crippen LogP contribution in [-0.2, 0) is 21.2 Å². The van der Waals surface area contributed by atoms with E-state index in [-0.39, 0.29) is 11.3 Å². The molecule has 25 heavy (non-hydrogen) atoms. The van der Waals surface area contributed by atoms with Gasteiger partial charge in [0.1, 0.15) is 5.82 Å². The van der Waals surface area contributed by atoms with E-state index in [1.807, 2.05) is 47.3 Å². The minimum atomic E-state index is -3.96. The molecule has 0 saturated heterocycles. The molecule has 0 aliphatic rings. The van der Waals surface area contributed by atoms with E-state index >= 15 is 0 Å². The van der Waals surface area contributed by atoms with Crippen molar-refractivity contribution in [2.45, 2.75) is 11.3 Å². The standard InChI is InChI=1S/C18H15FN2O3S/c19-15-8-10-16(11-9-15)25(23,24)21-20-18(22)12-14-6-3-5-13-4-1-2-7-17(13)14/h1-11,21H,12H2,(H,20,22). The predicted molar refractivity (Wildman–Crippen MR) is 92.5 cm³/mol. The van der Waals surface area contributed by atoms with Gasteiger partial charge in [-0.25, -0.2) is 12.8 Å². The van der Waals surface area contributed by atoms with Crippen molar-refractivity contribution in [3.8, 4) is 0 Å². The SMILES string of the molecule is O=C(Cc1cccc2ccccc12)NNS(=O)(=O)c1ccc(F)cc1. The van der Waals surface area contributed by atoms with Gasteiger partial charge in [-0.2, -0.15) is 0 Å². The maximum atomic E-state index is 12.9. The maximum absolute atomic E-state index is 12.9. The van der Waals surface area contributed by atoms with Crippen LogP contribution in [0.3, 0.4) is 0 Å². The lowest BCUT2D eigenvalue weighted by molar-refractivity contribution is -0.120. The highest BCUT2D eigenvalue weighted by Gasteiger charge is 2.15. The van der Waals surface area contributed by atoms with E-state index in [9.17, 15) is 17.6 Å². The summed E-state index contributed by atoms with van der Waals surface area (Å²) >= 11 is 0. The van der Waals surface area contributed by atoms with Crippen LogP contribution in [0, 0.1) is 5.82 Å². The van der Waals surface area contributed by atoms with Gasteiger partial charge in [0, 0.05) is 0 Å². The number of benzene rings is 3. The number of hydrogen-bond acceptors (Lipinski definition) is 3. The quantitative estimate of drug-likeness (QED) is 0.688. The fraction of sp³-hybridized carbons (Fsp3) is 0.0556. The van der Waals surface area contributed by atoms with E-state index < -0.39 is 21.7 Å². The highest BCUT2D eigenvalue weighted by Crippen LogP contribution is 2.18. The van der Waals surface area contributed by atoms with Crippen LogP contribution in [0.1, 0.15) is 5.56 Å². The lowest BCUT2D eigenvalue weighted by atomic mass is 10.0. The molecule has 5 nitrogen and oxygen atoms in total. The molecule has 7 heteroatoms. The summed E-state index contributed by atoms with van der Waals surface area (Å²) in [5, 5.41) is 1.93. The molecule has 3 rings (SSSR count). The van der Waals surface area contributed by atoms with Crippen LogP contribution in [0.2, 0.25) is 0 Å². The van der Waals surface area contributed by atoms with Crippen LogP contribution in [0.15, 0.2) is 71.6 Å². The van der Waals surface area contributed by atoms with Crippen LogP contribution in [-0.4, -0.2) is 14.3 Å². The number of carbonyl (C=O) groups is 1. The number of sulfonamides is 1. The third-order valence-electron chi connectivity index (χ3n) is 3.68. The van der Waals surface area contributed by atoms with E-state index in [2.05, 4.69) is 5.43 Å². The Balaban J connectivity index is 1.69. The number of halogens is 1. The second-order valence-corrected chi connectivity index (χ2v) is 7.11. The Morgan fingerprint density at radius 1 is 0.920 bits per heavy atom. The molecule has 0 aromatic heterocycles. The van der Waals surface area contributed by atoms with E-state index in [1.54, 1.807) is 0 Å². The smallest absolute Gasteiger partial charge is 0.257 e. The van der Waals surface area contributed by atoms with Crippen LogP contribution < -0.4 is 10.3 Å². The molecule has 0 bridgehead atoms. The minimum Gasteiger partial charge on any atom is -0.277 e. The summed E-state index contributed by atoms with van der Waals surface area (Å²) in [5.41, 5.74) is 2.97. The summed E-state index contributed by atoms with van der Waals surface area (Å²) in [6.45, 7) is 0. The first-order valence-corrected chi connectivity index (χ1v) is 8.97. The number of carbonyl (C=O) groups excluding carboxylic acids is 1. The fourth-order valence-electron chi connectivity index (χ4n) is 2.46. The van der Waals surface area contributed by atoms with Crippen LogP contribution in [0.25, 0.3) is 10.8 Å². The molecule has 0 aliphatic heterocycles. The van der Waals surface area contributed by atoms with Gasteiger partial charge in [-0.15, -0.1) is 4.83 Å². The van der Waals surface area contributed by atoms with Crippen molar-refractivity contribution in [2.75, 3.05) is 0 Å². The number of nitrogens with one attached hydrogen (secondary N) is 2.